The van der Waals surface area contributed by atoms with Crippen molar-refractivity contribution >= 4 is 5.97 Å². The SMILES string of the molecule is Cc1cc2c(c(CCC(=O)O)c1O)CCO2. The molecule has 16 heavy (non-hydrogen) atoms. The Bertz CT molecular complexity index is 437. The highest BCUT2D eigenvalue weighted by Crippen LogP contribution is 2.37. The number of aryl methyl sites for hydroxylation is 1. The summed E-state index contributed by atoms with van der Waals surface area (Å²) in [5.74, 6) is 0.148. The lowest BCUT2D eigenvalue weighted by atomic mass is 9.97. The van der Waals surface area contributed by atoms with Crippen molar-refractivity contribution in [2.45, 2.75) is 26.2 Å². The fraction of sp³-hybridized carbons (Fsp3) is 0.417. The second-order valence-corrected chi connectivity index (χ2v) is 3.99. The van der Waals surface area contributed by atoms with Gasteiger partial charge in [0, 0.05) is 24.0 Å². The third-order valence-electron chi connectivity index (χ3n) is 2.87. The molecule has 0 radical (unpaired) electrons. The summed E-state index contributed by atoms with van der Waals surface area (Å²) in [4.78, 5) is 10.6. The summed E-state index contributed by atoms with van der Waals surface area (Å²) >= 11 is 0. The van der Waals surface area contributed by atoms with E-state index in [1.807, 2.05) is 6.07 Å². The van der Waals surface area contributed by atoms with E-state index < -0.39 is 5.97 Å². The van der Waals surface area contributed by atoms with Gasteiger partial charge in [0.15, 0.2) is 0 Å². The average molecular weight is 222 g/mol. The predicted molar refractivity (Wildman–Crippen MR) is 58.0 cm³/mol. The lowest BCUT2D eigenvalue weighted by Crippen LogP contribution is -2.01. The average Bonchev–Trinajstić information content (AvgIpc) is 2.65. The zero-order chi connectivity index (χ0) is 11.7. The number of hydrogen-bond acceptors (Lipinski definition) is 3. The Labute approximate surface area is 93.5 Å². The van der Waals surface area contributed by atoms with E-state index >= 15 is 0 Å². The third kappa shape index (κ3) is 1.83. The van der Waals surface area contributed by atoms with Crippen LogP contribution >= 0.6 is 0 Å². The molecule has 0 saturated heterocycles. The van der Waals surface area contributed by atoms with Crippen LogP contribution in [0.3, 0.4) is 0 Å². The van der Waals surface area contributed by atoms with Crippen LogP contribution < -0.4 is 4.74 Å². The van der Waals surface area contributed by atoms with Crippen LogP contribution in [-0.2, 0) is 17.6 Å². The zero-order valence-electron chi connectivity index (χ0n) is 9.12. The Hall–Kier alpha value is -1.71. The summed E-state index contributed by atoms with van der Waals surface area (Å²) in [7, 11) is 0. The molecule has 0 fully saturated rings. The fourth-order valence-electron chi connectivity index (χ4n) is 2.05. The number of rotatable bonds is 3. The van der Waals surface area contributed by atoms with Crippen LogP contribution in [0.2, 0.25) is 0 Å². The Kier molecular flexibility index (Phi) is 2.73. The van der Waals surface area contributed by atoms with Crippen molar-refractivity contribution in [1.29, 1.82) is 0 Å². The molecule has 2 rings (SSSR count). The summed E-state index contributed by atoms with van der Waals surface area (Å²) in [6.07, 6.45) is 1.14. The number of phenols is 1. The molecule has 0 aliphatic carbocycles. The number of aromatic hydroxyl groups is 1. The maximum Gasteiger partial charge on any atom is 0.303 e. The number of carboxylic acids is 1. The van der Waals surface area contributed by atoms with E-state index in [9.17, 15) is 9.90 Å². The molecule has 86 valence electrons. The highest BCUT2D eigenvalue weighted by molar-refractivity contribution is 5.68. The summed E-state index contributed by atoms with van der Waals surface area (Å²) in [6, 6.07) is 1.81. The Morgan fingerprint density at radius 2 is 2.31 bits per heavy atom. The normalized spacial score (nSPS) is 13.3. The van der Waals surface area contributed by atoms with Crippen LogP contribution in [0.15, 0.2) is 6.07 Å². The molecule has 1 heterocycles. The zero-order valence-corrected chi connectivity index (χ0v) is 9.12. The van der Waals surface area contributed by atoms with Crippen LogP contribution in [0.5, 0.6) is 11.5 Å². The monoisotopic (exact) mass is 222 g/mol. The number of aliphatic carboxylic acids is 1. The van der Waals surface area contributed by atoms with Crippen molar-refractivity contribution in [2.24, 2.45) is 0 Å². The first kappa shape index (κ1) is 10.8. The summed E-state index contributed by atoms with van der Waals surface area (Å²) in [5.41, 5.74) is 2.43. The van der Waals surface area contributed by atoms with Gasteiger partial charge in [0.1, 0.15) is 11.5 Å². The molecule has 4 nitrogen and oxygen atoms in total. The number of ether oxygens (including phenoxy) is 1. The molecule has 0 saturated carbocycles. The number of carboxylic acid groups (broad SMARTS) is 1. The van der Waals surface area contributed by atoms with Crippen LogP contribution in [0.1, 0.15) is 23.1 Å². The van der Waals surface area contributed by atoms with Gasteiger partial charge in [-0.1, -0.05) is 0 Å². The van der Waals surface area contributed by atoms with Gasteiger partial charge >= 0.3 is 5.97 Å². The van der Waals surface area contributed by atoms with E-state index in [1.165, 1.54) is 0 Å². The summed E-state index contributed by atoms with van der Waals surface area (Å²) in [5, 5.41) is 18.6. The van der Waals surface area contributed by atoms with E-state index in [0.29, 0.717) is 13.0 Å². The van der Waals surface area contributed by atoms with Gasteiger partial charge < -0.3 is 14.9 Å². The molecule has 4 heteroatoms. The predicted octanol–water partition coefficient (Wildman–Crippen LogP) is 1.65. The van der Waals surface area contributed by atoms with Crippen molar-refractivity contribution in [1.82, 2.24) is 0 Å². The standard InChI is InChI=1S/C12H14O4/c1-7-6-10-8(4-5-16-10)9(12(7)15)2-3-11(13)14/h6,15H,2-5H2,1H3,(H,13,14). The first-order valence-corrected chi connectivity index (χ1v) is 5.28. The minimum atomic E-state index is -0.853. The molecule has 1 aromatic rings. The number of benzene rings is 1. The van der Waals surface area contributed by atoms with Gasteiger partial charge in [0.05, 0.1) is 6.61 Å². The fourth-order valence-corrected chi connectivity index (χ4v) is 2.05. The minimum absolute atomic E-state index is 0.0312. The molecule has 0 aromatic heterocycles. The van der Waals surface area contributed by atoms with Crippen LogP contribution in [-0.4, -0.2) is 22.8 Å². The maximum absolute atomic E-state index is 10.6. The van der Waals surface area contributed by atoms with Crippen molar-refractivity contribution in [3.8, 4) is 11.5 Å². The van der Waals surface area contributed by atoms with Crippen LogP contribution in [0.4, 0.5) is 0 Å². The van der Waals surface area contributed by atoms with Gasteiger partial charge in [-0.15, -0.1) is 0 Å². The van der Waals surface area contributed by atoms with E-state index in [4.69, 9.17) is 9.84 Å². The highest BCUT2D eigenvalue weighted by Gasteiger charge is 2.21. The molecule has 0 unspecified atom stereocenters. The molecule has 0 spiro atoms. The molecular formula is C12H14O4. The highest BCUT2D eigenvalue weighted by atomic mass is 16.5. The molecule has 0 atom stereocenters. The van der Waals surface area contributed by atoms with Crippen molar-refractivity contribution in [2.75, 3.05) is 6.61 Å². The Balaban J connectivity index is 2.38. The Morgan fingerprint density at radius 3 is 3.00 bits per heavy atom. The number of phenolic OH excluding ortho intramolecular Hbond substituents is 1. The number of fused-ring (bicyclic) bond motifs is 1. The van der Waals surface area contributed by atoms with Gasteiger partial charge in [-0.3, -0.25) is 4.79 Å². The first-order valence-electron chi connectivity index (χ1n) is 5.28. The quantitative estimate of drug-likeness (QED) is 0.816. The smallest absolute Gasteiger partial charge is 0.303 e. The van der Waals surface area contributed by atoms with Gasteiger partial charge in [0.2, 0.25) is 0 Å². The van der Waals surface area contributed by atoms with E-state index in [2.05, 4.69) is 0 Å². The lowest BCUT2D eigenvalue weighted by Gasteiger charge is -2.11. The molecule has 2 N–H and O–H groups in total. The second kappa shape index (κ2) is 4.04. The van der Waals surface area contributed by atoms with E-state index in [-0.39, 0.29) is 12.2 Å². The lowest BCUT2D eigenvalue weighted by molar-refractivity contribution is -0.136. The summed E-state index contributed by atoms with van der Waals surface area (Å²) in [6.45, 7) is 2.40. The molecule has 1 aliphatic rings. The van der Waals surface area contributed by atoms with Gasteiger partial charge in [-0.05, 0) is 25.0 Å². The van der Waals surface area contributed by atoms with E-state index in [0.717, 1.165) is 28.9 Å². The minimum Gasteiger partial charge on any atom is -0.507 e. The van der Waals surface area contributed by atoms with Crippen molar-refractivity contribution in [3.05, 3.63) is 22.8 Å². The van der Waals surface area contributed by atoms with Crippen LogP contribution in [0, 0.1) is 6.92 Å². The largest absolute Gasteiger partial charge is 0.507 e. The van der Waals surface area contributed by atoms with Crippen molar-refractivity contribution < 1.29 is 19.7 Å². The Morgan fingerprint density at radius 1 is 1.56 bits per heavy atom. The molecule has 1 aromatic carbocycles. The third-order valence-corrected chi connectivity index (χ3v) is 2.87. The molecule has 0 bridgehead atoms. The van der Waals surface area contributed by atoms with Gasteiger partial charge in [-0.25, -0.2) is 0 Å². The summed E-state index contributed by atoms with van der Waals surface area (Å²) < 4.78 is 5.42. The van der Waals surface area contributed by atoms with Gasteiger partial charge in [0.25, 0.3) is 0 Å². The first-order chi connectivity index (χ1) is 7.59. The van der Waals surface area contributed by atoms with E-state index in [1.54, 1.807) is 6.92 Å². The topological polar surface area (TPSA) is 66.8 Å². The maximum atomic E-state index is 10.6. The molecule has 0 amide bonds. The number of carbonyl (C=O) groups is 1. The molecular weight excluding hydrogens is 208 g/mol. The van der Waals surface area contributed by atoms with Gasteiger partial charge in [-0.2, -0.15) is 0 Å². The number of hydrogen-bond donors (Lipinski definition) is 2. The van der Waals surface area contributed by atoms with Crippen molar-refractivity contribution in [3.63, 3.8) is 0 Å². The molecule has 1 aliphatic heterocycles. The second-order valence-electron chi connectivity index (χ2n) is 3.99. The van der Waals surface area contributed by atoms with Crippen LogP contribution in [0.25, 0.3) is 0 Å².